The largest absolute Gasteiger partial charge is 0.484 e. The fraction of sp³-hybridized carbons (Fsp3) is 0.474. The summed E-state index contributed by atoms with van der Waals surface area (Å²) in [6, 6.07) is 6.38. The first-order valence-corrected chi connectivity index (χ1v) is 8.75. The molecule has 0 atom stereocenters. The number of rotatable bonds is 6. The van der Waals surface area contributed by atoms with Gasteiger partial charge in [-0.1, -0.05) is 32.9 Å². The van der Waals surface area contributed by atoms with Gasteiger partial charge >= 0.3 is 6.18 Å². The van der Waals surface area contributed by atoms with Crippen molar-refractivity contribution in [2.24, 2.45) is 4.99 Å². The van der Waals surface area contributed by atoms with Crippen molar-refractivity contribution in [1.29, 1.82) is 0 Å². The summed E-state index contributed by atoms with van der Waals surface area (Å²) in [6.07, 6.45) is -2.63. The van der Waals surface area contributed by atoms with Crippen molar-refractivity contribution in [3.05, 3.63) is 47.7 Å². The fourth-order valence-electron chi connectivity index (χ4n) is 2.17. The van der Waals surface area contributed by atoms with Gasteiger partial charge in [0.25, 0.3) is 0 Å². The number of hydrogen-bond acceptors (Lipinski definition) is 4. The normalized spacial score (nSPS) is 12.8. The van der Waals surface area contributed by atoms with Gasteiger partial charge in [0.1, 0.15) is 11.5 Å². The second-order valence-electron chi connectivity index (χ2n) is 7.20. The van der Waals surface area contributed by atoms with E-state index in [9.17, 15) is 13.2 Å². The molecule has 0 aliphatic rings. The van der Waals surface area contributed by atoms with E-state index in [0.717, 1.165) is 11.3 Å². The number of guanidine groups is 1. The molecule has 0 unspecified atom stereocenters. The first kappa shape index (κ1) is 21.6. The quantitative estimate of drug-likeness (QED) is 0.572. The maximum atomic E-state index is 12.2. The van der Waals surface area contributed by atoms with Gasteiger partial charge in [-0.2, -0.15) is 13.2 Å². The van der Waals surface area contributed by atoms with Gasteiger partial charge in [-0.05, 0) is 17.7 Å². The molecule has 2 N–H and O–H groups in total. The third-order valence-electron chi connectivity index (χ3n) is 3.71. The van der Waals surface area contributed by atoms with Crippen LogP contribution in [0.15, 0.2) is 39.9 Å². The van der Waals surface area contributed by atoms with E-state index in [1.54, 1.807) is 25.4 Å². The summed E-state index contributed by atoms with van der Waals surface area (Å²) in [7, 11) is 1.64. The van der Waals surface area contributed by atoms with Crippen LogP contribution >= 0.6 is 0 Å². The van der Waals surface area contributed by atoms with Crippen molar-refractivity contribution in [1.82, 2.24) is 15.6 Å². The molecule has 0 radical (unpaired) electrons. The number of nitrogens with zero attached hydrogens (tertiary/aromatic N) is 2. The first-order valence-electron chi connectivity index (χ1n) is 8.75. The van der Waals surface area contributed by atoms with E-state index >= 15 is 0 Å². The molecule has 28 heavy (non-hydrogen) atoms. The maximum absolute atomic E-state index is 12.2. The summed E-state index contributed by atoms with van der Waals surface area (Å²) in [6.45, 7) is 5.65. The highest BCUT2D eigenvalue weighted by atomic mass is 19.4. The Morgan fingerprint density at radius 1 is 1.11 bits per heavy atom. The smallest absolute Gasteiger partial charge is 0.422 e. The van der Waals surface area contributed by atoms with Gasteiger partial charge in [-0.3, -0.25) is 4.99 Å². The predicted molar refractivity (Wildman–Crippen MR) is 100 cm³/mol. The van der Waals surface area contributed by atoms with Crippen LogP contribution in [0.1, 0.15) is 38.0 Å². The van der Waals surface area contributed by atoms with Crippen LogP contribution in [-0.2, 0) is 18.5 Å². The van der Waals surface area contributed by atoms with E-state index in [1.165, 1.54) is 12.1 Å². The van der Waals surface area contributed by atoms with Crippen LogP contribution in [0.25, 0.3) is 0 Å². The van der Waals surface area contributed by atoms with Crippen LogP contribution in [0.5, 0.6) is 5.75 Å². The van der Waals surface area contributed by atoms with E-state index in [2.05, 4.69) is 25.3 Å². The molecule has 6 nitrogen and oxygen atoms in total. The van der Waals surface area contributed by atoms with Crippen LogP contribution in [0.2, 0.25) is 0 Å². The van der Waals surface area contributed by atoms with Gasteiger partial charge in [0, 0.05) is 19.0 Å². The summed E-state index contributed by atoms with van der Waals surface area (Å²) in [4.78, 5) is 8.37. The standard InChI is InChI=1S/C19H25F3N4O2/c1-18(2,3)15-10-24-16(28-15)11-26-17(23-4)25-9-13-5-7-14(8-6-13)27-12-19(20,21)22/h5-8,10H,9,11-12H2,1-4H3,(H2,23,25,26). The SMILES string of the molecule is CN=C(NCc1ccc(OCC(F)(F)F)cc1)NCc1ncc(C(C)(C)C)o1. The Bertz CT molecular complexity index is 778. The van der Waals surface area contributed by atoms with E-state index in [1.807, 2.05) is 20.8 Å². The Labute approximate surface area is 162 Å². The maximum Gasteiger partial charge on any atom is 0.422 e. The molecule has 154 valence electrons. The molecule has 2 rings (SSSR count). The van der Waals surface area contributed by atoms with Gasteiger partial charge < -0.3 is 19.8 Å². The summed E-state index contributed by atoms with van der Waals surface area (Å²) in [5, 5.41) is 6.22. The highest BCUT2D eigenvalue weighted by molar-refractivity contribution is 5.79. The van der Waals surface area contributed by atoms with Gasteiger partial charge in [-0.15, -0.1) is 0 Å². The summed E-state index contributed by atoms with van der Waals surface area (Å²) < 4.78 is 46.9. The van der Waals surface area contributed by atoms with Crippen molar-refractivity contribution in [3.63, 3.8) is 0 Å². The molecular formula is C19H25F3N4O2. The Balaban J connectivity index is 1.81. The fourth-order valence-corrected chi connectivity index (χ4v) is 2.17. The number of oxazole rings is 1. The minimum atomic E-state index is -4.35. The van der Waals surface area contributed by atoms with Gasteiger partial charge in [0.2, 0.25) is 5.89 Å². The number of aliphatic imine (C=N–C) groups is 1. The highest BCUT2D eigenvalue weighted by Gasteiger charge is 2.28. The summed E-state index contributed by atoms with van der Waals surface area (Å²) in [5.74, 6) is 2.08. The lowest BCUT2D eigenvalue weighted by atomic mass is 9.94. The number of aromatic nitrogens is 1. The molecule has 0 spiro atoms. The van der Waals surface area contributed by atoms with Gasteiger partial charge in [0.05, 0.1) is 12.7 Å². The third kappa shape index (κ3) is 7.13. The topological polar surface area (TPSA) is 71.7 Å². The molecule has 2 aromatic rings. The van der Waals surface area contributed by atoms with Crippen molar-refractivity contribution in [2.75, 3.05) is 13.7 Å². The van der Waals surface area contributed by atoms with Crippen LogP contribution in [0, 0.1) is 0 Å². The Morgan fingerprint density at radius 2 is 1.75 bits per heavy atom. The minimum absolute atomic E-state index is 0.110. The molecule has 0 amide bonds. The highest BCUT2D eigenvalue weighted by Crippen LogP contribution is 2.22. The molecule has 0 aliphatic heterocycles. The zero-order valence-electron chi connectivity index (χ0n) is 16.4. The summed E-state index contributed by atoms with van der Waals surface area (Å²) in [5.41, 5.74) is 0.759. The Morgan fingerprint density at radius 3 is 2.29 bits per heavy atom. The van der Waals surface area contributed by atoms with Crippen LogP contribution in [-0.4, -0.2) is 30.8 Å². The lowest BCUT2D eigenvalue weighted by Gasteiger charge is -2.13. The van der Waals surface area contributed by atoms with Gasteiger partial charge in [-0.25, -0.2) is 4.98 Å². The van der Waals surface area contributed by atoms with Crippen LogP contribution in [0.3, 0.4) is 0 Å². The number of benzene rings is 1. The lowest BCUT2D eigenvalue weighted by molar-refractivity contribution is -0.153. The lowest BCUT2D eigenvalue weighted by Crippen LogP contribution is -2.36. The second kappa shape index (κ2) is 8.99. The molecule has 0 fully saturated rings. The number of hydrogen-bond donors (Lipinski definition) is 2. The number of halogens is 3. The molecule has 1 aromatic heterocycles. The number of nitrogens with one attached hydrogen (secondary N) is 2. The molecule has 0 saturated carbocycles. The van der Waals surface area contributed by atoms with E-state index in [-0.39, 0.29) is 11.2 Å². The minimum Gasteiger partial charge on any atom is -0.484 e. The number of ether oxygens (including phenoxy) is 1. The van der Waals surface area contributed by atoms with Crippen molar-refractivity contribution >= 4 is 5.96 Å². The molecule has 1 heterocycles. The molecular weight excluding hydrogens is 373 g/mol. The van der Waals surface area contributed by atoms with E-state index in [0.29, 0.717) is 24.9 Å². The number of alkyl halides is 3. The zero-order valence-corrected chi connectivity index (χ0v) is 16.4. The first-order chi connectivity index (χ1) is 13.1. The monoisotopic (exact) mass is 398 g/mol. The third-order valence-corrected chi connectivity index (χ3v) is 3.71. The Kier molecular flexibility index (Phi) is 6.93. The van der Waals surface area contributed by atoms with Gasteiger partial charge in [0.15, 0.2) is 12.6 Å². The zero-order chi connectivity index (χ0) is 20.8. The van der Waals surface area contributed by atoms with E-state index in [4.69, 9.17) is 4.42 Å². The Hall–Kier alpha value is -2.71. The molecule has 9 heteroatoms. The molecule has 1 aromatic carbocycles. The molecule has 0 saturated heterocycles. The summed E-state index contributed by atoms with van der Waals surface area (Å²) >= 11 is 0. The van der Waals surface area contributed by atoms with Crippen LogP contribution < -0.4 is 15.4 Å². The average molecular weight is 398 g/mol. The van der Waals surface area contributed by atoms with Crippen molar-refractivity contribution in [2.45, 2.75) is 45.5 Å². The average Bonchev–Trinajstić information content (AvgIpc) is 3.10. The van der Waals surface area contributed by atoms with E-state index < -0.39 is 12.8 Å². The molecule has 0 bridgehead atoms. The molecule has 0 aliphatic carbocycles. The predicted octanol–water partition coefficient (Wildman–Crippen LogP) is 3.78. The van der Waals surface area contributed by atoms with Crippen molar-refractivity contribution in [3.8, 4) is 5.75 Å². The van der Waals surface area contributed by atoms with Crippen LogP contribution in [0.4, 0.5) is 13.2 Å². The van der Waals surface area contributed by atoms with Crippen molar-refractivity contribution < 1.29 is 22.3 Å². The second-order valence-corrected chi connectivity index (χ2v) is 7.20.